The third-order valence-electron chi connectivity index (χ3n) is 10.7. The van der Waals surface area contributed by atoms with Gasteiger partial charge in [-0.1, -0.05) is 141 Å². The van der Waals surface area contributed by atoms with E-state index in [0.717, 1.165) is 77.0 Å². The second kappa shape index (κ2) is 36.7. The average molecular weight is 907 g/mol. The maximum Gasteiger partial charge on any atom is 0.472 e. The van der Waals surface area contributed by atoms with E-state index in [9.17, 15) is 29.2 Å². The number of hydrogen-bond donors (Lipinski definition) is 2. The first-order valence-corrected chi connectivity index (χ1v) is 25.6. The Bertz CT molecular complexity index is 1620. The summed E-state index contributed by atoms with van der Waals surface area (Å²) in [5.41, 5.74) is 0.132. The van der Waals surface area contributed by atoms with E-state index in [1.807, 2.05) is 0 Å². The van der Waals surface area contributed by atoms with E-state index in [0.29, 0.717) is 18.5 Å². The molecule has 358 valence electrons. The number of non-ortho nitro benzene ring substituents is 1. The van der Waals surface area contributed by atoms with Crippen LogP contribution in [0.2, 0.25) is 0 Å². The zero-order valence-electron chi connectivity index (χ0n) is 38.5. The molecule has 0 aliphatic rings. The minimum Gasteiger partial charge on any atom is -0.462 e. The highest BCUT2D eigenvalue weighted by molar-refractivity contribution is 7.47. The van der Waals surface area contributed by atoms with Crippen molar-refractivity contribution in [3.63, 3.8) is 0 Å². The number of hydrogen-bond acceptors (Lipinski definition) is 13. The van der Waals surface area contributed by atoms with Crippen LogP contribution in [0.15, 0.2) is 41.1 Å². The maximum atomic E-state index is 12.8. The quantitative estimate of drug-likeness (QED) is 0.0159. The molecule has 0 radical (unpaired) electrons. The van der Waals surface area contributed by atoms with Crippen LogP contribution >= 0.6 is 7.82 Å². The number of fused-ring (bicyclic) bond motifs is 1. The number of phosphoric ester groups is 1. The van der Waals surface area contributed by atoms with Crippen LogP contribution in [0, 0.1) is 10.1 Å². The lowest BCUT2D eigenvalue weighted by Gasteiger charge is -2.20. The Kier molecular flexibility index (Phi) is 32.3. The SMILES string of the molecule is CCCCCCCC/C=C\CCCCCCCC(=O)OC[C@H](COP(=O)(O)OCCNc1ccc([N+](=O)[O-])c2nonc12)OC(=O)CCCCCCC/C=C\CCCCCCCC. The number of anilines is 1. The summed E-state index contributed by atoms with van der Waals surface area (Å²) in [6.07, 6.45) is 38.1. The Morgan fingerprint density at radius 1 is 0.698 bits per heavy atom. The molecule has 1 heterocycles. The number of phosphoric acid groups is 1. The number of allylic oxidation sites excluding steroid dienone is 4. The fourth-order valence-electron chi connectivity index (χ4n) is 7.00. The van der Waals surface area contributed by atoms with Gasteiger partial charge in [-0.3, -0.25) is 28.8 Å². The van der Waals surface area contributed by atoms with Gasteiger partial charge in [0.25, 0.3) is 0 Å². The normalized spacial score (nSPS) is 13.2. The number of aromatic nitrogens is 2. The smallest absolute Gasteiger partial charge is 0.462 e. The fourth-order valence-corrected chi connectivity index (χ4v) is 7.76. The molecule has 1 aromatic carbocycles. The minimum atomic E-state index is -4.63. The van der Waals surface area contributed by atoms with Crippen LogP contribution in [0.25, 0.3) is 11.0 Å². The van der Waals surface area contributed by atoms with Gasteiger partial charge < -0.3 is 19.7 Å². The first kappa shape index (κ1) is 55.5. The molecule has 1 aromatic heterocycles. The lowest BCUT2D eigenvalue weighted by Crippen LogP contribution is -2.29. The molecule has 0 aliphatic carbocycles. The Morgan fingerprint density at radius 3 is 1.70 bits per heavy atom. The molecule has 2 atom stereocenters. The molecule has 0 bridgehead atoms. The Morgan fingerprint density at radius 2 is 1.17 bits per heavy atom. The zero-order chi connectivity index (χ0) is 45.6. The van der Waals surface area contributed by atoms with Crippen molar-refractivity contribution in [2.45, 2.75) is 200 Å². The molecule has 16 heteroatoms. The number of nitrogens with one attached hydrogen (secondary N) is 1. The standard InChI is InChI=1S/C47H79N4O11P/c1-3-5-7-9-11-13-15-17-19-21-23-25-27-29-31-33-44(52)58-39-41(61-45(53)34-32-30-28-26-24-22-20-18-16-14-12-10-8-6-4-2)40-60-63(56,57)59-38-37-48-42-35-36-43(51(54)55)47-46(42)49-62-50-47/h17-20,35-36,41,48H,3-16,21-34,37-40H2,1-2H3,(H,56,57)/b19-17-,20-18-/t41-/m1/s1. The minimum absolute atomic E-state index is 0.00395. The van der Waals surface area contributed by atoms with Gasteiger partial charge in [0.2, 0.25) is 5.52 Å². The van der Waals surface area contributed by atoms with Gasteiger partial charge in [0, 0.05) is 25.5 Å². The molecule has 63 heavy (non-hydrogen) atoms. The number of ether oxygens (including phenoxy) is 2. The topological polar surface area (TPSA) is 202 Å². The lowest BCUT2D eigenvalue weighted by molar-refractivity contribution is -0.383. The second-order valence-corrected chi connectivity index (χ2v) is 17.8. The molecule has 0 aliphatic heterocycles. The van der Waals surface area contributed by atoms with E-state index in [2.05, 4.69) is 58.4 Å². The van der Waals surface area contributed by atoms with E-state index in [1.165, 1.54) is 89.2 Å². The van der Waals surface area contributed by atoms with Gasteiger partial charge in [0.1, 0.15) is 6.61 Å². The lowest BCUT2D eigenvalue weighted by atomic mass is 10.1. The molecule has 0 saturated carbocycles. The van der Waals surface area contributed by atoms with E-state index in [-0.39, 0.29) is 49.3 Å². The molecule has 2 rings (SSSR count). The molecular formula is C47H79N4O11P. The number of carbonyl (C=O) groups excluding carboxylic acids is 2. The van der Waals surface area contributed by atoms with Crippen molar-refractivity contribution in [1.82, 2.24) is 10.3 Å². The monoisotopic (exact) mass is 907 g/mol. The van der Waals surface area contributed by atoms with E-state index >= 15 is 0 Å². The number of esters is 2. The van der Waals surface area contributed by atoms with Crippen molar-refractivity contribution in [2.75, 3.05) is 31.7 Å². The van der Waals surface area contributed by atoms with Crippen LogP contribution in [-0.4, -0.2) is 64.5 Å². The van der Waals surface area contributed by atoms with Crippen LogP contribution in [0.3, 0.4) is 0 Å². The van der Waals surface area contributed by atoms with Crippen molar-refractivity contribution in [3.8, 4) is 0 Å². The predicted molar refractivity (Wildman–Crippen MR) is 248 cm³/mol. The fraction of sp³-hybridized carbons (Fsp3) is 0.745. The second-order valence-electron chi connectivity index (χ2n) is 16.3. The van der Waals surface area contributed by atoms with Crippen molar-refractivity contribution in [2.24, 2.45) is 0 Å². The number of benzene rings is 1. The molecular weight excluding hydrogens is 828 g/mol. The highest BCUT2D eigenvalue weighted by Gasteiger charge is 2.26. The molecule has 0 amide bonds. The van der Waals surface area contributed by atoms with Gasteiger partial charge in [-0.15, -0.1) is 0 Å². The van der Waals surface area contributed by atoms with Crippen LogP contribution in [0.1, 0.15) is 194 Å². The first-order valence-electron chi connectivity index (χ1n) is 24.1. The number of rotatable bonds is 42. The summed E-state index contributed by atoms with van der Waals surface area (Å²) in [6, 6.07) is 2.65. The summed E-state index contributed by atoms with van der Waals surface area (Å²) >= 11 is 0. The molecule has 2 N–H and O–H groups in total. The van der Waals surface area contributed by atoms with Crippen molar-refractivity contribution < 1.29 is 47.1 Å². The van der Waals surface area contributed by atoms with Gasteiger partial charge in [-0.25, -0.2) is 9.19 Å². The highest BCUT2D eigenvalue weighted by Crippen LogP contribution is 2.43. The van der Waals surface area contributed by atoms with Gasteiger partial charge in [-0.05, 0) is 80.6 Å². The van der Waals surface area contributed by atoms with Gasteiger partial charge in [0.15, 0.2) is 11.6 Å². The highest BCUT2D eigenvalue weighted by atomic mass is 31.2. The van der Waals surface area contributed by atoms with E-state index in [1.54, 1.807) is 0 Å². The van der Waals surface area contributed by atoms with Crippen LogP contribution in [0.4, 0.5) is 11.4 Å². The molecule has 2 aromatic rings. The molecule has 15 nitrogen and oxygen atoms in total. The summed E-state index contributed by atoms with van der Waals surface area (Å²) in [6.45, 7) is 3.31. The number of nitro benzene ring substituents is 1. The van der Waals surface area contributed by atoms with Crippen LogP contribution in [-0.2, 0) is 32.7 Å². The van der Waals surface area contributed by atoms with Gasteiger partial charge in [0.05, 0.1) is 23.8 Å². The summed E-state index contributed by atoms with van der Waals surface area (Å²) < 4.78 is 38.7. The molecule has 0 spiro atoms. The van der Waals surface area contributed by atoms with Gasteiger partial charge >= 0.3 is 25.4 Å². The van der Waals surface area contributed by atoms with Gasteiger partial charge in [-0.2, -0.15) is 0 Å². The summed E-state index contributed by atoms with van der Waals surface area (Å²) in [5, 5.41) is 21.4. The summed E-state index contributed by atoms with van der Waals surface area (Å²) in [7, 11) is -4.63. The largest absolute Gasteiger partial charge is 0.472 e. The zero-order valence-corrected chi connectivity index (χ0v) is 39.4. The van der Waals surface area contributed by atoms with Crippen LogP contribution in [0.5, 0.6) is 0 Å². The third-order valence-corrected chi connectivity index (χ3v) is 11.7. The van der Waals surface area contributed by atoms with Crippen molar-refractivity contribution >= 4 is 42.2 Å². The summed E-state index contributed by atoms with van der Waals surface area (Å²) in [5.74, 6) is -0.952. The molecule has 0 saturated heterocycles. The predicted octanol–water partition coefficient (Wildman–Crippen LogP) is 13.2. The van der Waals surface area contributed by atoms with E-state index < -0.39 is 37.4 Å². The third kappa shape index (κ3) is 28.7. The first-order chi connectivity index (χ1) is 30.7. The Balaban J connectivity index is 1.72. The average Bonchev–Trinajstić information content (AvgIpc) is 3.76. The number of nitro groups is 1. The molecule has 1 unspecified atom stereocenters. The molecule has 0 fully saturated rings. The number of unbranched alkanes of at least 4 members (excludes halogenated alkanes) is 22. The van der Waals surface area contributed by atoms with Crippen molar-refractivity contribution in [1.29, 1.82) is 0 Å². The number of nitrogens with zero attached hydrogens (tertiary/aromatic N) is 3. The Labute approximate surface area is 376 Å². The number of carbonyl (C=O) groups is 2. The summed E-state index contributed by atoms with van der Waals surface area (Å²) in [4.78, 5) is 46.4. The van der Waals surface area contributed by atoms with E-state index in [4.69, 9.17) is 18.5 Å². The van der Waals surface area contributed by atoms with Crippen LogP contribution < -0.4 is 5.32 Å². The van der Waals surface area contributed by atoms with Crippen molar-refractivity contribution in [3.05, 3.63) is 46.6 Å². The maximum absolute atomic E-state index is 12.8. The Hall–Kier alpha value is -3.65.